The van der Waals surface area contributed by atoms with Crippen LogP contribution in [-0.2, 0) is 0 Å². The van der Waals surface area contributed by atoms with Crippen molar-refractivity contribution < 1.29 is 9.90 Å². The van der Waals surface area contributed by atoms with Crippen molar-refractivity contribution in [3.05, 3.63) is 30.3 Å². The molecule has 0 bridgehead atoms. The Morgan fingerprint density at radius 3 is 2.62 bits per heavy atom. The molecule has 3 N–H and O–H groups in total. The van der Waals surface area contributed by atoms with Gasteiger partial charge in [-0.15, -0.1) is 0 Å². The van der Waals surface area contributed by atoms with Crippen LogP contribution in [0, 0.1) is 5.92 Å². The fraction of sp³-hybridized carbons (Fsp3) is 0.562. The van der Waals surface area contributed by atoms with Crippen LogP contribution in [0.4, 0.5) is 10.5 Å². The summed E-state index contributed by atoms with van der Waals surface area (Å²) >= 11 is 0. The van der Waals surface area contributed by atoms with Crippen molar-refractivity contribution in [2.75, 3.05) is 31.6 Å². The van der Waals surface area contributed by atoms with Crippen molar-refractivity contribution in [2.45, 2.75) is 25.3 Å². The number of urea groups is 1. The molecule has 1 aliphatic carbocycles. The van der Waals surface area contributed by atoms with Crippen LogP contribution in [-0.4, -0.2) is 43.4 Å². The van der Waals surface area contributed by atoms with Gasteiger partial charge in [0.25, 0.3) is 0 Å². The zero-order valence-corrected chi connectivity index (χ0v) is 12.8. The van der Waals surface area contributed by atoms with Gasteiger partial charge in [0.15, 0.2) is 0 Å². The number of nitrogens with zero attached hydrogens (tertiary/aromatic N) is 1. The maximum Gasteiger partial charge on any atom is 0.315 e. The normalized spacial score (nSPS) is 16.9. The second-order valence-corrected chi connectivity index (χ2v) is 5.99. The number of benzene rings is 1. The fourth-order valence-electron chi connectivity index (χ4n) is 2.44. The van der Waals surface area contributed by atoms with Gasteiger partial charge in [0.05, 0.1) is 12.1 Å². The molecule has 0 spiro atoms. The van der Waals surface area contributed by atoms with Crippen LogP contribution in [0.1, 0.15) is 19.8 Å². The Hall–Kier alpha value is -1.75. The molecule has 1 aliphatic rings. The highest BCUT2D eigenvalue weighted by molar-refractivity contribution is 5.75. The van der Waals surface area contributed by atoms with Gasteiger partial charge in [0.1, 0.15) is 0 Å². The highest BCUT2D eigenvalue weighted by atomic mass is 16.3. The van der Waals surface area contributed by atoms with E-state index < -0.39 is 5.54 Å². The number of anilines is 1. The highest BCUT2D eigenvalue weighted by Gasteiger charge is 2.42. The SMILES string of the molecule is CN(CCNC(=O)NC(C)(CO)C1CC1)c1ccccc1. The fourth-order valence-corrected chi connectivity index (χ4v) is 2.44. The van der Waals surface area contributed by atoms with Gasteiger partial charge in [0, 0.05) is 25.8 Å². The van der Waals surface area contributed by atoms with Gasteiger partial charge >= 0.3 is 6.03 Å². The molecule has 21 heavy (non-hydrogen) atoms. The van der Waals surface area contributed by atoms with E-state index in [4.69, 9.17) is 0 Å². The molecule has 116 valence electrons. The van der Waals surface area contributed by atoms with E-state index in [0.29, 0.717) is 12.5 Å². The molecule has 1 aromatic rings. The minimum absolute atomic E-state index is 0.0188. The zero-order valence-electron chi connectivity index (χ0n) is 12.8. The predicted molar refractivity (Wildman–Crippen MR) is 84.5 cm³/mol. The molecule has 0 radical (unpaired) electrons. The van der Waals surface area contributed by atoms with Crippen molar-refractivity contribution in [3.8, 4) is 0 Å². The van der Waals surface area contributed by atoms with Gasteiger partial charge < -0.3 is 20.6 Å². The van der Waals surface area contributed by atoms with E-state index in [1.165, 1.54) is 0 Å². The first-order chi connectivity index (χ1) is 10.0. The lowest BCUT2D eigenvalue weighted by Gasteiger charge is -2.29. The standard InChI is InChI=1S/C16H25N3O2/c1-16(12-20,13-8-9-13)18-15(21)17-10-11-19(2)14-6-4-3-5-7-14/h3-7,13,20H,8-12H2,1-2H3,(H2,17,18,21). The predicted octanol–water partition coefficient (Wildman–Crippen LogP) is 1.58. The maximum atomic E-state index is 11.9. The molecule has 5 nitrogen and oxygen atoms in total. The van der Waals surface area contributed by atoms with Crippen LogP contribution < -0.4 is 15.5 Å². The number of carbonyl (C=O) groups excluding carboxylic acids is 1. The summed E-state index contributed by atoms with van der Waals surface area (Å²) in [6.45, 7) is 3.18. The van der Waals surface area contributed by atoms with E-state index in [2.05, 4.69) is 15.5 Å². The van der Waals surface area contributed by atoms with Gasteiger partial charge in [-0.3, -0.25) is 0 Å². The first-order valence-corrected chi connectivity index (χ1v) is 7.48. The van der Waals surface area contributed by atoms with Gasteiger partial charge in [-0.05, 0) is 37.8 Å². The van der Waals surface area contributed by atoms with E-state index in [9.17, 15) is 9.90 Å². The summed E-state index contributed by atoms with van der Waals surface area (Å²) in [7, 11) is 2.00. The van der Waals surface area contributed by atoms with Crippen LogP contribution in [0.5, 0.6) is 0 Å². The monoisotopic (exact) mass is 291 g/mol. The molecule has 0 aliphatic heterocycles. The third kappa shape index (κ3) is 4.36. The van der Waals surface area contributed by atoms with E-state index >= 15 is 0 Å². The molecule has 2 amide bonds. The number of nitrogens with one attached hydrogen (secondary N) is 2. The van der Waals surface area contributed by atoms with E-state index in [0.717, 1.165) is 25.1 Å². The van der Waals surface area contributed by atoms with Gasteiger partial charge in [0.2, 0.25) is 0 Å². The third-order valence-corrected chi connectivity index (χ3v) is 4.14. The molecule has 0 saturated heterocycles. The molecule has 2 rings (SSSR count). The number of aliphatic hydroxyl groups excluding tert-OH is 1. The first-order valence-electron chi connectivity index (χ1n) is 7.48. The average molecular weight is 291 g/mol. The number of rotatable bonds is 7. The molecule has 1 atom stereocenters. The molecule has 1 unspecified atom stereocenters. The summed E-state index contributed by atoms with van der Waals surface area (Å²) in [5.74, 6) is 0.403. The largest absolute Gasteiger partial charge is 0.394 e. The average Bonchev–Trinajstić information content (AvgIpc) is 3.33. The minimum atomic E-state index is -0.491. The number of aliphatic hydroxyl groups is 1. The lowest BCUT2D eigenvalue weighted by Crippen LogP contribution is -2.54. The smallest absolute Gasteiger partial charge is 0.315 e. The summed E-state index contributed by atoms with van der Waals surface area (Å²) in [5, 5.41) is 15.2. The number of para-hydroxylation sites is 1. The van der Waals surface area contributed by atoms with Crippen molar-refractivity contribution in [2.24, 2.45) is 5.92 Å². The van der Waals surface area contributed by atoms with Crippen molar-refractivity contribution in [1.82, 2.24) is 10.6 Å². The second-order valence-electron chi connectivity index (χ2n) is 5.99. The summed E-state index contributed by atoms with van der Waals surface area (Å²) in [6.07, 6.45) is 2.15. The van der Waals surface area contributed by atoms with Gasteiger partial charge in [-0.25, -0.2) is 4.79 Å². The lowest BCUT2D eigenvalue weighted by molar-refractivity contribution is 0.155. The number of amides is 2. The van der Waals surface area contributed by atoms with Gasteiger partial charge in [-0.1, -0.05) is 18.2 Å². The summed E-state index contributed by atoms with van der Waals surface area (Å²) in [5.41, 5.74) is 0.632. The quantitative estimate of drug-likeness (QED) is 0.715. The van der Waals surface area contributed by atoms with Crippen LogP contribution in [0.25, 0.3) is 0 Å². The number of carbonyl (C=O) groups is 1. The number of likely N-dealkylation sites (N-methyl/N-ethyl adjacent to an activating group) is 1. The molecule has 5 heteroatoms. The van der Waals surface area contributed by atoms with Crippen LogP contribution >= 0.6 is 0 Å². The maximum absolute atomic E-state index is 11.9. The zero-order chi connectivity index (χ0) is 15.3. The Morgan fingerprint density at radius 1 is 1.38 bits per heavy atom. The Labute approximate surface area is 126 Å². The van der Waals surface area contributed by atoms with E-state index in [1.54, 1.807) is 0 Å². The van der Waals surface area contributed by atoms with Gasteiger partial charge in [-0.2, -0.15) is 0 Å². The highest BCUT2D eigenvalue weighted by Crippen LogP contribution is 2.39. The Balaban J connectivity index is 1.72. The molecular weight excluding hydrogens is 266 g/mol. The number of hydrogen-bond donors (Lipinski definition) is 3. The Kier molecular flexibility index (Phi) is 5.07. The molecule has 0 aromatic heterocycles. The Morgan fingerprint density at radius 2 is 2.05 bits per heavy atom. The summed E-state index contributed by atoms with van der Waals surface area (Å²) in [4.78, 5) is 14.0. The van der Waals surface area contributed by atoms with Crippen molar-refractivity contribution in [3.63, 3.8) is 0 Å². The van der Waals surface area contributed by atoms with Crippen LogP contribution in [0.3, 0.4) is 0 Å². The minimum Gasteiger partial charge on any atom is -0.394 e. The van der Waals surface area contributed by atoms with E-state index in [1.807, 2.05) is 44.3 Å². The first kappa shape index (κ1) is 15.6. The van der Waals surface area contributed by atoms with Crippen molar-refractivity contribution in [1.29, 1.82) is 0 Å². The van der Waals surface area contributed by atoms with Crippen molar-refractivity contribution >= 4 is 11.7 Å². The number of hydrogen-bond acceptors (Lipinski definition) is 3. The Bertz CT molecular complexity index is 462. The molecule has 1 fully saturated rings. The molecular formula is C16H25N3O2. The summed E-state index contributed by atoms with van der Waals surface area (Å²) in [6, 6.07) is 9.84. The molecule has 1 aromatic carbocycles. The second kappa shape index (κ2) is 6.80. The molecule has 1 saturated carbocycles. The topological polar surface area (TPSA) is 64.6 Å². The van der Waals surface area contributed by atoms with Crippen LogP contribution in [0.2, 0.25) is 0 Å². The lowest BCUT2D eigenvalue weighted by atomic mass is 9.97. The third-order valence-electron chi connectivity index (χ3n) is 4.14. The molecule has 0 heterocycles. The van der Waals surface area contributed by atoms with Crippen LogP contribution in [0.15, 0.2) is 30.3 Å². The van der Waals surface area contributed by atoms with E-state index in [-0.39, 0.29) is 12.6 Å². The summed E-state index contributed by atoms with van der Waals surface area (Å²) < 4.78 is 0.